The van der Waals surface area contributed by atoms with Crippen molar-refractivity contribution in [1.29, 1.82) is 0 Å². The van der Waals surface area contributed by atoms with E-state index >= 15 is 0 Å². The van der Waals surface area contributed by atoms with Crippen LogP contribution in [0.15, 0.2) is 29.3 Å². The second-order valence-electron chi connectivity index (χ2n) is 6.67. The number of rotatable bonds is 6. The highest BCUT2D eigenvalue weighted by Crippen LogP contribution is 2.26. The zero-order valence-electron chi connectivity index (χ0n) is 15.8. The molecule has 27 heavy (non-hydrogen) atoms. The second kappa shape index (κ2) is 8.44. The standard InChI is InChI=1S/C19H24ClN4O2S/c1-4-5-8-11-27-18-21-16-15(17(25)23(3)19(26)22(16)2)24(18)12-13-9-6-7-10-14(13)20/h6-7,9-10,15H,4-5,8,11-12H2,1-3H3/q+1. The minimum absolute atomic E-state index is 0.256. The van der Waals surface area contributed by atoms with Crippen molar-refractivity contribution in [3.05, 3.63) is 34.9 Å². The normalized spacial score (nSPS) is 19.7. The van der Waals surface area contributed by atoms with Gasteiger partial charge in [-0.05, 0) is 29.2 Å². The van der Waals surface area contributed by atoms with E-state index < -0.39 is 6.04 Å². The lowest BCUT2D eigenvalue weighted by Crippen LogP contribution is -2.61. The third-order valence-electron chi connectivity index (χ3n) is 4.77. The van der Waals surface area contributed by atoms with Crippen molar-refractivity contribution in [2.75, 3.05) is 19.8 Å². The molecule has 0 bridgehead atoms. The molecule has 1 aromatic carbocycles. The quantitative estimate of drug-likeness (QED) is 0.536. The fourth-order valence-electron chi connectivity index (χ4n) is 3.18. The Balaban J connectivity index is 1.94. The summed E-state index contributed by atoms with van der Waals surface area (Å²) in [5, 5.41) is 1.43. The van der Waals surface area contributed by atoms with Gasteiger partial charge in [0.2, 0.25) is 0 Å². The van der Waals surface area contributed by atoms with Crippen LogP contribution < -0.4 is 0 Å². The molecule has 1 saturated heterocycles. The van der Waals surface area contributed by atoms with Gasteiger partial charge in [-0.3, -0.25) is 14.6 Å². The van der Waals surface area contributed by atoms with Gasteiger partial charge in [0.05, 0.1) is 0 Å². The highest BCUT2D eigenvalue weighted by Gasteiger charge is 2.53. The second-order valence-corrected chi connectivity index (χ2v) is 8.14. The summed E-state index contributed by atoms with van der Waals surface area (Å²) in [7, 11) is 3.17. The van der Waals surface area contributed by atoms with Gasteiger partial charge in [-0.15, -0.1) is 0 Å². The van der Waals surface area contributed by atoms with Gasteiger partial charge in [-0.2, -0.15) is 0 Å². The van der Waals surface area contributed by atoms with Crippen LogP contribution in [0, 0.1) is 0 Å². The van der Waals surface area contributed by atoms with E-state index in [1.165, 1.54) is 11.9 Å². The number of carbonyl (C=O) groups excluding carboxylic acids is 2. The molecule has 3 amide bonds. The van der Waals surface area contributed by atoms with Crippen LogP contribution in [0.3, 0.4) is 0 Å². The number of urea groups is 1. The van der Waals surface area contributed by atoms with Crippen molar-refractivity contribution in [3.63, 3.8) is 0 Å². The van der Waals surface area contributed by atoms with Gasteiger partial charge in [-0.25, -0.2) is 9.37 Å². The number of benzene rings is 1. The Bertz CT molecular complexity index is 824. The number of unbranched alkanes of at least 4 members (excludes halogenated alkanes) is 2. The maximum absolute atomic E-state index is 12.9. The number of amides is 3. The molecule has 0 N–H and O–H groups in total. The highest BCUT2D eigenvalue weighted by atomic mass is 35.5. The van der Waals surface area contributed by atoms with Crippen molar-refractivity contribution >= 4 is 46.3 Å². The molecule has 1 atom stereocenters. The first-order valence-corrected chi connectivity index (χ1v) is 10.5. The molecule has 8 heteroatoms. The van der Waals surface area contributed by atoms with E-state index in [4.69, 9.17) is 11.6 Å². The van der Waals surface area contributed by atoms with Gasteiger partial charge < -0.3 is 0 Å². The maximum Gasteiger partial charge on any atom is 0.358 e. The number of halogens is 1. The fourth-order valence-corrected chi connectivity index (χ4v) is 4.40. The molecular weight excluding hydrogens is 384 g/mol. The van der Waals surface area contributed by atoms with Crippen LogP contribution in [-0.4, -0.2) is 63.2 Å². The molecule has 0 saturated carbocycles. The summed E-state index contributed by atoms with van der Waals surface area (Å²) in [6.07, 6.45) is 3.39. The first kappa shape index (κ1) is 19.9. The first-order chi connectivity index (χ1) is 13.0. The molecule has 0 radical (unpaired) electrons. The lowest BCUT2D eigenvalue weighted by molar-refractivity contribution is -0.548. The predicted molar refractivity (Wildman–Crippen MR) is 110 cm³/mol. The van der Waals surface area contributed by atoms with Gasteiger partial charge in [-0.1, -0.05) is 49.6 Å². The molecule has 1 fully saturated rings. The van der Waals surface area contributed by atoms with E-state index in [1.54, 1.807) is 18.8 Å². The SMILES string of the molecule is CCCCCSC1=[N+](Cc2ccccc2Cl)C2C(=O)N(C)C(=O)N(C)C2=N1. The van der Waals surface area contributed by atoms with Gasteiger partial charge in [0, 0.05) is 30.4 Å². The van der Waals surface area contributed by atoms with E-state index in [-0.39, 0.29) is 11.9 Å². The van der Waals surface area contributed by atoms with Gasteiger partial charge >= 0.3 is 11.2 Å². The number of nitrogens with zero attached hydrogens (tertiary/aromatic N) is 4. The van der Waals surface area contributed by atoms with Gasteiger partial charge in [0.1, 0.15) is 6.54 Å². The third-order valence-corrected chi connectivity index (χ3v) is 6.22. The number of thioether (sulfide) groups is 1. The Kier molecular flexibility index (Phi) is 6.22. The Labute approximate surface area is 168 Å². The smallest absolute Gasteiger partial charge is 0.269 e. The minimum Gasteiger partial charge on any atom is -0.269 e. The average molecular weight is 408 g/mol. The summed E-state index contributed by atoms with van der Waals surface area (Å²) < 4.78 is 1.97. The maximum atomic E-state index is 12.9. The molecule has 0 aromatic heterocycles. The van der Waals surface area contributed by atoms with Gasteiger partial charge in [0.25, 0.3) is 17.8 Å². The van der Waals surface area contributed by atoms with E-state index in [1.807, 2.05) is 28.8 Å². The number of likely N-dealkylation sites (N-methyl/N-ethyl adjacent to an activating group) is 2. The van der Waals surface area contributed by atoms with Crippen molar-refractivity contribution in [3.8, 4) is 0 Å². The monoisotopic (exact) mass is 407 g/mol. The Morgan fingerprint density at radius 3 is 2.63 bits per heavy atom. The molecule has 0 aliphatic carbocycles. The molecule has 2 heterocycles. The molecule has 3 rings (SSSR count). The van der Waals surface area contributed by atoms with E-state index in [9.17, 15) is 9.59 Å². The Hall–Kier alpha value is -1.86. The van der Waals surface area contributed by atoms with E-state index in [0.717, 1.165) is 40.6 Å². The summed E-state index contributed by atoms with van der Waals surface area (Å²) in [5.74, 6) is 1.16. The van der Waals surface area contributed by atoms with E-state index in [2.05, 4.69) is 11.9 Å². The van der Waals surface area contributed by atoms with Crippen LogP contribution in [0.5, 0.6) is 0 Å². The number of aliphatic imine (C=N–C) groups is 1. The third kappa shape index (κ3) is 3.89. The number of carbonyl (C=O) groups is 2. The largest absolute Gasteiger partial charge is 0.358 e. The molecule has 1 aromatic rings. The van der Waals surface area contributed by atoms with Crippen molar-refractivity contribution in [1.82, 2.24) is 9.80 Å². The highest BCUT2D eigenvalue weighted by molar-refractivity contribution is 8.13. The van der Waals surface area contributed by atoms with Crippen LogP contribution in [-0.2, 0) is 11.3 Å². The van der Waals surface area contributed by atoms with Crippen molar-refractivity contribution in [2.45, 2.75) is 38.8 Å². The number of hydrogen-bond acceptors (Lipinski definition) is 4. The Morgan fingerprint density at radius 1 is 1.19 bits per heavy atom. The average Bonchev–Trinajstić information content (AvgIpc) is 3.02. The minimum atomic E-state index is -0.595. The van der Waals surface area contributed by atoms with Crippen LogP contribution >= 0.6 is 23.4 Å². The van der Waals surface area contributed by atoms with Crippen molar-refractivity contribution in [2.24, 2.45) is 4.99 Å². The lowest BCUT2D eigenvalue weighted by atomic mass is 10.1. The van der Waals surface area contributed by atoms with Gasteiger partial charge in [0.15, 0.2) is 0 Å². The summed E-state index contributed by atoms with van der Waals surface area (Å²) in [6, 6.07) is 6.65. The number of imide groups is 1. The zero-order chi connectivity index (χ0) is 19.6. The number of fused-ring (bicyclic) bond motifs is 1. The van der Waals surface area contributed by atoms with E-state index in [0.29, 0.717) is 17.4 Å². The molecule has 1 unspecified atom stereocenters. The first-order valence-electron chi connectivity index (χ1n) is 9.09. The lowest BCUT2D eigenvalue weighted by Gasteiger charge is -2.30. The summed E-state index contributed by atoms with van der Waals surface area (Å²) in [4.78, 5) is 32.5. The summed E-state index contributed by atoms with van der Waals surface area (Å²) in [5.41, 5.74) is 0.928. The molecule has 0 spiro atoms. The topological polar surface area (TPSA) is 56.0 Å². The number of hydrogen-bond donors (Lipinski definition) is 0. The van der Waals surface area contributed by atoms with Crippen LogP contribution in [0.25, 0.3) is 0 Å². The molecular formula is C19H24ClN4O2S+. The van der Waals surface area contributed by atoms with Crippen LogP contribution in [0.4, 0.5) is 4.79 Å². The molecule has 2 aliphatic heterocycles. The van der Waals surface area contributed by atoms with Crippen LogP contribution in [0.1, 0.15) is 31.7 Å². The summed E-state index contributed by atoms with van der Waals surface area (Å²) in [6.45, 7) is 2.63. The number of amidine groups is 2. The molecule has 6 nitrogen and oxygen atoms in total. The summed E-state index contributed by atoms with van der Waals surface area (Å²) >= 11 is 7.98. The Morgan fingerprint density at radius 2 is 1.93 bits per heavy atom. The van der Waals surface area contributed by atoms with Crippen LogP contribution in [0.2, 0.25) is 5.02 Å². The zero-order valence-corrected chi connectivity index (χ0v) is 17.4. The molecule has 2 aliphatic rings. The van der Waals surface area contributed by atoms with Crippen molar-refractivity contribution < 1.29 is 14.2 Å². The fraction of sp³-hybridized carbons (Fsp3) is 0.474. The predicted octanol–water partition coefficient (Wildman–Crippen LogP) is 3.44. The molecule has 144 valence electrons.